The number of hydrogen-bond acceptors (Lipinski definition) is 7. The van der Waals surface area contributed by atoms with Gasteiger partial charge in [0.25, 0.3) is 11.1 Å². The number of para-hydroxylation sites is 1. The monoisotopic (exact) mass is 437 g/mol. The number of ether oxygens (including phenoxy) is 1. The van der Waals surface area contributed by atoms with E-state index < -0.39 is 0 Å². The number of thioether (sulfide) groups is 1. The summed E-state index contributed by atoms with van der Waals surface area (Å²) in [5.74, 6) is 0.439. The molecular formula is C22H19N3O3S2. The third kappa shape index (κ3) is 3.93. The van der Waals surface area contributed by atoms with Crippen molar-refractivity contribution < 1.29 is 14.3 Å². The number of hydrogen-bond donors (Lipinski definition) is 1. The van der Waals surface area contributed by atoms with Gasteiger partial charge in [0.2, 0.25) is 0 Å². The number of nitrogens with zero attached hydrogens (tertiary/aromatic N) is 2. The van der Waals surface area contributed by atoms with Gasteiger partial charge in [-0.05, 0) is 60.5 Å². The minimum atomic E-state index is -0.346. The van der Waals surface area contributed by atoms with Gasteiger partial charge in [0.1, 0.15) is 12.4 Å². The van der Waals surface area contributed by atoms with Crippen molar-refractivity contribution in [3.63, 3.8) is 0 Å². The molecule has 3 aromatic rings. The first-order chi connectivity index (χ1) is 14.7. The highest BCUT2D eigenvalue weighted by Gasteiger charge is 2.28. The summed E-state index contributed by atoms with van der Waals surface area (Å²) in [4.78, 5) is 30.5. The van der Waals surface area contributed by atoms with Crippen LogP contribution >= 0.6 is 23.1 Å². The third-order valence-corrected chi connectivity index (χ3v) is 7.05. The summed E-state index contributed by atoms with van der Waals surface area (Å²) in [6.07, 6.45) is 3.93. The Hall–Kier alpha value is -2.84. The van der Waals surface area contributed by atoms with E-state index in [2.05, 4.69) is 22.3 Å². The Morgan fingerprint density at radius 2 is 2.00 bits per heavy atom. The van der Waals surface area contributed by atoms with E-state index in [0.717, 1.165) is 53.1 Å². The fraction of sp³-hybridized carbons (Fsp3) is 0.227. The Bertz CT molecular complexity index is 1110. The lowest BCUT2D eigenvalue weighted by Crippen LogP contribution is -2.34. The molecule has 5 rings (SSSR count). The number of nitrogens with one attached hydrogen (secondary N) is 1. The Labute approximate surface area is 181 Å². The van der Waals surface area contributed by atoms with Gasteiger partial charge >= 0.3 is 0 Å². The van der Waals surface area contributed by atoms with Gasteiger partial charge in [0.15, 0.2) is 5.13 Å². The van der Waals surface area contributed by atoms with Crippen LogP contribution in [0.15, 0.2) is 53.4 Å². The molecule has 2 aliphatic rings. The number of anilines is 1. The number of amides is 2. The molecule has 3 heterocycles. The number of aromatic nitrogens is 1. The van der Waals surface area contributed by atoms with E-state index in [9.17, 15) is 9.59 Å². The molecule has 30 heavy (non-hydrogen) atoms. The second-order valence-electron chi connectivity index (χ2n) is 7.19. The number of carbonyl (C=O) groups is 2. The molecule has 0 unspecified atom stereocenters. The maximum absolute atomic E-state index is 11.7. The van der Waals surface area contributed by atoms with E-state index in [0.29, 0.717) is 17.6 Å². The van der Waals surface area contributed by atoms with Crippen LogP contribution in [0.25, 0.3) is 16.3 Å². The highest BCUT2D eigenvalue weighted by Crippen LogP contribution is 2.33. The lowest BCUT2D eigenvalue weighted by molar-refractivity contribution is -0.115. The van der Waals surface area contributed by atoms with Gasteiger partial charge in [-0.15, -0.1) is 0 Å². The van der Waals surface area contributed by atoms with Crippen LogP contribution in [0.2, 0.25) is 0 Å². The highest BCUT2D eigenvalue weighted by molar-refractivity contribution is 8.18. The molecule has 6 nitrogen and oxygen atoms in total. The summed E-state index contributed by atoms with van der Waals surface area (Å²) in [6.45, 7) is 1.60. The number of rotatable bonds is 5. The molecular weight excluding hydrogens is 418 g/mol. The molecule has 2 fully saturated rings. The van der Waals surface area contributed by atoms with Crippen LogP contribution in [0, 0.1) is 0 Å². The molecule has 0 radical (unpaired) electrons. The lowest BCUT2D eigenvalue weighted by atomic mass is 10.2. The van der Waals surface area contributed by atoms with Gasteiger partial charge < -0.3 is 9.64 Å². The largest absolute Gasteiger partial charge is 0.491 e. The standard InChI is InChI=1S/C22H19N3O3S2/c26-20-19(30-22(27)24-20)12-14-7-9-16(10-8-14)28-13-15-4-3-11-25(15)21-23-17-5-1-2-6-18(17)29-21/h1-2,5-10,12,15H,3-4,11,13H2,(H,24,26,27)/b19-12-/t15-/m0/s1. The summed E-state index contributed by atoms with van der Waals surface area (Å²) in [7, 11) is 0. The van der Waals surface area contributed by atoms with Crippen molar-refractivity contribution in [1.82, 2.24) is 10.3 Å². The quantitative estimate of drug-likeness (QED) is 0.585. The first-order valence-electron chi connectivity index (χ1n) is 9.76. The molecule has 2 saturated heterocycles. The highest BCUT2D eigenvalue weighted by atomic mass is 32.2. The number of thiazole rings is 1. The van der Waals surface area contributed by atoms with Crippen LogP contribution in [-0.2, 0) is 4.79 Å². The van der Waals surface area contributed by atoms with Gasteiger partial charge in [-0.25, -0.2) is 4.98 Å². The van der Waals surface area contributed by atoms with Crippen LogP contribution in [-0.4, -0.2) is 35.3 Å². The smallest absolute Gasteiger partial charge is 0.290 e. The van der Waals surface area contributed by atoms with Crippen LogP contribution < -0.4 is 15.0 Å². The van der Waals surface area contributed by atoms with E-state index >= 15 is 0 Å². The Balaban J connectivity index is 1.23. The van der Waals surface area contributed by atoms with Crippen molar-refractivity contribution in [2.45, 2.75) is 18.9 Å². The Morgan fingerprint density at radius 1 is 1.17 bits per heavy atom. The predicted molar refractivity (Wildman–Crippen MR) is 121 cm³/mol. The molecule has 0 saturated carbocycles. The first-order valence-corrected chi connectivity index (χ1v) is 11.4. The normalized spacial score (nSPS) is 20.3. The average molecular weight is 438 g/mol. The number of imide groups is 1. The van der Waals surface area contributed by atoms with Crippen LogP contribution in [0.1, 0.15) is 18.4 Å². The summed E-state index contributed by atoms with van der Waals surface area (Å²) < 4.78 is 7.26. The van der Waals surface area contributed by atoms with E-state index in [-0.39, 0.29) is 11.1 Å². The fourth-order valence-corrected chi connectivity index (χ4v) is 5.41. The minimum absolute atomic E-state index is 0.303. The molecule has 2 aromatic carbocycles. The van der Waals surface area contributed by atoms with Crippen molar-refractivity contribution in [1.29, 1.82) is 0 Å². The number of carbonyl (C=O) groups excluding carboxylic acids is 2. The first kappa shape index (κ1) is 19.1. The van der Waals surface area contributed by atoms with E-state index in [1.165, 1.54) is 4.70 Å². The van der Waals surface area contributed by atoms with Gasteiger partial charge in [-0.1, -0.05) is 35.6 Å². The predicted octanol–water partition coefficient (Wildman–Crippen LogP) is 4.67. The van der Waals surface area contributed by atoms with E-state index in [1.807, 2.05) is 36.4 Å². The van der Waals surface area contributed by atoms with Crippen molar-refractivity contribution in [3.05, 3.63) is 59.0 Å². The second-order valence-corrected chi connectivity index (χ2v) is 9.21. The summed E-state index contributed by atoms with van der Waals surface area (Å²) in [6, 6.07) is 16.1. The zero-order chi connectivity index (χ0) is 20.5. The number of benzene rings is 2. The molecule has 1 N–H and O–H groups in total. The Kier molecular flexibility index (Phi) is 5.18. The van der Waals surface area contributed by atoms with Gasteiger partial charge in [-0.2, -0.15) is 0 Å². The molecule has 0 spiro atoms. The van der Waals surface area contributed by atoms with Crippen molar-refractivity contribution in [2.24, 2.45) is 0 Å². The average Bonchev–Trinajstić information content (AvgIpc) is 3.45. The zero-order valence-corrected chi connectivity index (χ0v) is 17.7. The van der Waals surface area contributed by atoms with Gasteiger partial charge in [0, 0.05) is 6.54 Å². The van der Waals surface area contributed by atoms with Gasteiger partial charge in [0.05, 0.1) is 21.2 Å². The molecule has 0 bridgehead atoms. The maximum Gasteiger partial charge on any atom is 0.290 e. The molecule has 8 heteroatoms. The maximum atomic E-state index is 11.7. The van der Waals surface area contributed by atoms with E-state index in [4.69, 9.17) is 9.72 Å². The van der Waals surface area contributed by atoms with Gasteiger partial charge in [-0.3, -0.25) is 14.9 Å². The summed E-state index contributed by atoms with van der Waals surface area (Å²) in [5.41, 5.74) is 1.90. The van der Waals surface area contributed by atoms with Crippen molar-refractivity contribution in [2.75, 3.05) is 18.1 Å². The minimum Gasteiger partial charge on any atom is -0.491 e. The molecule has 0 aliphatic carbocycles. The van der Waals surface area contributed by atoms with Crippen LogP contribution in [0.3, 0.4) is 0 Å². The van der Waals surface area contributed by atoms with Crippen molar-refractivity contribution >= 4 is 55.7 Å². The Morgan fingerprint density at radius 3 is 2.77 bits per heavy atom. The molecule has 152 valence electrons. The molecule has 2 aliphatic heterocycles. The summed E-state index contributed by atoms with van der Waals surface area (Å²) in [5, 5.41) is 2.99. The SMILES string of the molecule is O=C1NC(=O)/C(=C/c2ccc(OC[C@@H]3CCCN3c3nc4ccccc4s3)cc2)S1. The van der Waals surface area contributed by atoms with Crippen LogP contribution in [0.4, 0.5) is 9.93 Å². The topological polar surface area (TPSA) is 71.5 Å². The third-order valence-electron chi connectivity index (χ3n) is 5.17. The van der Waals surface area contributed by atoms with Crippen molar-refractivity contribution in [3.8, 4) is 5.75 Å². The zero-order valence-electron chi connectivity index (χ0n) is 16.0. The van der Waals surface area contributed by atoms with Crippen LogP contribution in [0.5, 0.6) is 5.75 Å². The second kappa shape index (κ2) is 8.12. The summed E-state index contributed by atoms with van der Waals surface area (Å²) >= 11 is 2.65. The van der Waals surface area contributed by atoms with E-state index in [1.54, 1.807) is 17.4 Å². The lowest BCUT2D eigenvalue weighted by Gasteiger charge is -2.24. The fourth-order valence-electron chi connectivity index (χ4n) is 3.67. The molecule has 2 amide bonds. The molecule has 1 atom stereocenters. The number of fused-ring (bicyclic) bond motifs is 1. The molecule has 1 aromatic heterocycles.